The molecule has 0 saturated heterocycles. The van der Waals surface area contributed by atoms with E-state index in [0.29, 0.717) is 19.8 Å². The highest BCUT2D eigenvalue weighted by atomic mass is 19.1. The first-order valence-electron chi connectivity index (χ1n) is 5.85. The minimum absolute atomic E-state index is 0.124. The Morgan fingerprint density at radius 2 is 1.88 bits per heavy atom. The van der Waals surface area contributed by atoms with Gasteiger partial charge in [0.15, 0.2) is 0 Å². The Bertz CT molecular complexity index is 316. The van der Waals surface area contributed by atoms with Gasteiger partial charge in [0, 0.05) is 6.61 Å². The fourth-order valence-corrected chi connectivity index (χ4v) is 1.50. The molecule has 0 aliphatic heterocycles. The quantitative estimate of drug-likeness (QED) is 0.745. The van der Waals surface area contributed by atoms with E-state index in [1.807, 2.05) is 13.8 Å². The van der Waals surface area contributed by atoms with Crippen molar-refractivity contribution < 1.29 is 13.9 Å². The zero-order chi connectivity index (χ0) is 12.7. The van der Waals surface area contributed by atoms with Crippen molar-refractivity contribution in [1.29, 1.82) is 0 Å². The number of nitrogens with two attached hydrogens (primary N) is 1. The Labute approximate surface area is 102 Å². The summed E-state index contributed by atoms with van der Waals surface area (Å²) in [6, 6.07) is 5.92. The minimum atomic E-state index is -0.258. The summed E-state index contributed by atoms with van der Waals surface area (Å²) in [5.41, 5.74) is 6.89. The minimum Gasteiger partial charge on any atom is -0.379 e. The average Bonchev–Trinajstić information content (AvgIpc) is 2.34. The number of benzene rings is 1. The van der Waals surface area contributed by atoms with E-state index in [1.165, 1.54) is 12.1 Å². The summed E-state index contributed by atoms with van der Waals surface area (Å²) >= 11 is 0. The van der Waals surface area contributed by atoms with Crippen molar-refractivity contribution >= 4 is 0 Å². The Morgan fingerprint density at radius 3 is 2.47 bits per heavy atom. The third-order valence-corrected chi connectivity index (χ3v) is 2.57. The predicted octanol–water partition coefficient (Wildman–Crippen LogP) is 2.27. The van der Waals surface area contributed by atoms with Crippen LogP contribution >= 0.6 is 0 Å². The van der Waals surface area contributed by atoms with Crippen LogP contribution < -0.4 is 5.73 Å². The van der Waals surface area contributed by atoms with E-state index in [9.17, 15) is 4.39 Å². The van der Waals surface area contributed by atoms with E-state index in [0.717, 1.165) is 5.56 Å². The van der Waals surface area contributed by atoms with Gasteiger partial charge < -0.3 is 15.2 Å². The monoisotopic (exact) mass is 241 g/mol. The molecule has 0 aliphatic carbocycles. The third kappa shape index (κ3) is 4.81. The van der Waals surface area contributed by atoms with Gasteiger partial charge in [-0.2, -0.15) is 0 Å². The van der Waals surface area contributed by atoms with Crippen molar-refractivity contribution in [3.8, 4) is 0 Å². The van der Waals surface area contributed by atoms with Gasteiger partial charge in [-0.25, -0.2) is 4.39 Å². The van der Waals surface area contributed by atoms with Gasteiger partial charge in [0.25, 0.3) is 0 Å². The molecule has 0 spiro atoms. The fraction of sp³-hybridized carbons (Fsp3) is 0.538. The molecule has 2 unspecified atom stereocenters. The number of hydrogen-bond donors (Lipinski definition) is 1. The van der Waals surface area contributed by atoms with Crippen LogP contribution in [0.25, 0.3) is 0 Å². The normalized spacial score (nSPS) is 14.6. The molecular formula is C13H20FNO2. The molecule has 2 N–H and O–H groups in total. The molecule has 4 heteroatoms. The molecule has 0 aromatic heterocycles. The molecular weight excluding hydrogens is 221 g/mol. The lowest BCUT2D eigenvalue weighted by atomic mass is 10.0. The van der Waals surface area contributed by atoms with Crippen LogP contribution in [0.2, 0.25) is 0 Å². The predicted molar refractivity (Wildman–Crippen MR) is 65.2 cm³/mol. The Hall–Kier alpha value is -0.970. The highest BCUT2D eigenvalue weighted by Gasteiger charge is 2.15. The van der Waals surface area contributed by atoms with Crippen molar-refractivity contribution in [3.63, 3.8) is 0 Å². The fourth-order valence-electron chi connectivity index (χ4n) is 1.50. The first-order chi connectivity index (χ1) is 8.15. The van der Waals surface area contributed by atoms with Crippen LogP contribution in [0.3, 0.4) is 0 Å². The number of rotatable bonds is 7. The van der Waals surface area contributed by atoms with Gasteiger partial charge in [-0.15, -0.1) is 0 Å². The maximum atomic E-state index is 12.8. The molecule has 1 aromatic carbocycles. The first kappa shape index (κ1) is 14.1. The maximum Gasteiger partial charge on any atom is 0.123 e. The molecule has 0 aliphatic rings. The van der Waals surface area contributed by atoms with Gasteiger partial charge in [0.05, 0.1) is 25.4 Å². The van der Waals surface area contributed by atoms with E-state index in [2.05, 4.69) is 0 Å². The third-order valence-electron chi connectivity index (χ3n) is 2.57. The molecule has 0 bridgehead atoms. The molecule has 96 valence electrons. The number of halogens is 1. The van der Waals surface area contributed by atoms with Crippen LogP contribution in [0.5, 0.6) is 0 Å². The molecule has 1 aromatic rings. The Morgan fingerprint density at radius 1 is 1.24 bits per heavy atom. The number of ether oxygens (including phenoxy) is 2. The Kier molecular flexibility index (Phi) is 6.11. The Balaban J connectivity index is 2.40. The molecule has 0 amide bonds. The van der Waals surface area contributed by atoms with Crippen LogP contribution in [-0.4, -0.2) is 25.9 Å². The topological polar surface area (TPSA) is 44.5 Å². The first-order valence-corrected chi connectivity index (χ1v) is 5.85. The van der Waals surface area contributed by atoms with Gasteiger partial charge in [-0.05, 0) is 31.5 Å². The van der Waals surface area contributed by atoms with E-state index in [1.54, 1.807) is 12.1 Å². The maximum absolute atomic E-state index is 12.8. The second kappa shape index (κ2) is 7.37. The van der Waals surface area contributed by atoms with Gasteiger partial charge in [-0.1, -0.05) is 12.1 Å². The van der Waals surface area contributed by atoms with Crippen molar-refractivity contribution in [1.82, 2.24) is 0 Å². The summed E-state index contributed by atoms with van der Waals surface area (Å²) < 4.78 is 23.5. The van der Waals surface area contributed by atoms with Gasteiger partial charge in [0.1, 0.15) is 5.82 Å². The summed E-state index contributed by atoms with van der Waals surface area (Å²) in [7, 11) is 0. The summed E-state index contributed by atoms with van der Waals surface area (Å²) in [5, 5.41) is 0. The molecule has 0 heterocycles. The standard InChI is InChI=1S/C13H20FNO2/c1-3-16-8-9-17-10(2)13(15)11-4-6-12(14)7-5-11/h4-7,10,13H,3,8-9,15H2,1-2H3. The van der Waals surface area contributed by atoms with Crippen LogP contribution in [-0.2, 0) is 9.47 Å². The molecule has 2 atom stereocenters. The van der Waals surface area contributed by atoms with Gasteiger partial charge in [-0.3, -0.25) is 0 Å². The lowest BCUT2D eigenvalue weighted by molar-refractivity contribution is 0.00463. The summed E-state index contributed by atoms with van der Waals surface area (Å²) in [6.07, 6.45) is -0.124. The molecule has 0 radical (unpaired) electrons. The highest BCUT2D eigenvalue weighted by Crippen LogP contribution is 2.16. The van der Waals surface area contributed by atoms with Crippen molar-refractivity contribution in [2.24, 2.45) is 5.73 Å². The van der Waals surface area contributed by atoms with E-state index in [4.69, 9.17) is 15.2 Å². The molecule has 0 fully saturated rings. The SMILES string of the molecule is CCOCCOC(C)C(N)c1ccc(F)cc1. The van der Waals surface area contributed by atoms with Crippen LogP contribution in [0.15, 0.2) is 24.3 Å². The molecule has 17 heavy (non-hydrogen) atoms. The largest absolute Gasteiger partial charge is 0.379 e. The van der Waals surface area contributed by atoms with Crippen molar-refractivity contribution in [3.05, 3.63) is 35.6 Å². The van der Waals surface area contributed by atoms with Crippen molar-refractivity contribution in [2.75, 3.05) is 19.8 Å². The van der Waals surface area contributed by atoms with Crippen LogP contribution in [0.4, 0.5) is 4.39 Å². The zero-order valence-corrected chi connectivity index (χ0v) is 10.4. The van der Waals surface area contributed by atoms with Crippen LogP contribution in [0.1, 0.15) is 25.5 Å². The van der Waals surface area contributed by atoms with Gasteiger partial charge in [0.2, 0.25) is 0 Å². The molecule has 0 saturated carbocycles. The summed E-state index contributed by atoms with van der Waals surface area (Å²) in [5.74, 6) is -0.258. The van der Waals surface area contributed by atoms with Gasteiger partial charge >= 0.3 is 0 Å². The lowest BCUT2D eigenvalue weighted by Gasteiger charge is -2.20. The van der Waals surface area contributed by atoms with E-state index >= 15 is 0 Å². The second-order valence-corrected chi connectivity index (χ2v) is 3.85. The van der Waals surface area contributed by atoms with Crippen molar-refractivity contribution in [2.45, 2.75) is 26.0 Å². The zero-order valence-electron chi connectivity index (χ0n) is 10.4. The number of hydrogen-bond acceptors (Lipinski definition) is 3. The highest BCUT2D eigenvalue weighted by molar-refractivity contribution is 5.20. The van der Waals surface area contributed by atoms with E-state index < -0.39 is 0 Å². The van der Waals surface area contributed by atoms with Crippen LogP contribution in [0, 0.1) is 5.82 Å². The molecule has 1 rings (SSSR count). The second-order valence-electron chi connectivity index (χ2n) is 3.85. The average molecular weight is 241 g/mol. The molecule has 3 nitrogen and oxygen atoms in total. The summed E-state index contributed by atoms with van der Waals surface area (Å²) in [4.78, 5) is 0. The summed E-state index contributed by atoms with van der Waals surface area (Å²) in [6.45, 7) is 5.61. The van der Waals surface area contributed by atoms with E-state index in [-0.39, 0.29) is 18.0 Å². The smallest absolute Gasteiger partial charge is 0.123 e. The lowest BCUT2D eigenvalue weighted by Crippen LogP contribution is -2.27.